The molecule has 1 fully saturated rings. The largest absolute Gasteiger partial charge is 0.390 e. The van der Waals surface area contributed by atoms with Crippen LogP contribution >= 0.6 is 28.3 Å². The predicted molar refractivity (Wildman–Crippen MR) is 80.6 cm³/mol. The van der Waals surface area contributed by atoms with Gasteiger partial charge in [-0.3, -0.25) is 4.90 Å². The minimum atomic E-state index is -3.32. The number of nitrogens with zero attached hydrogens (tertiary/aromatic N) is 1. The second-order valence-electron chi connectivity index (χ2n) is 4.78. The zero-order valence-electron chi connectivity index (χ0n) is 11.2. The van der Waals surface area contributed by atoms with E-state index < -0.39 is 24.4 Å². The van der Waals surface area contributed by atoms with Gasteiger partial charge in [0.15, 0.2) is 0 Å². The SMILES string of the molecule is Cl.OCC(F)(F)[C@@H](c1ccc(Br)c(F)c1)N1CCNCC1. The summed E-state index contributed by atoms with van der Waals surface area (Å²) >= 11 is 3.01. The monoisotopic (exact) mass is 388 g/mol. The average Bonchev–Trinajstić information content (AvgIpc) is 2.44. The quantitative estimate of drug-likeness (QED) is 0.831. The number of benzene rings is 1. The second-order valence-corrected chi connectivity index (χ2v) is 5.64. The Labute approximate surface area is 136 Å². The normalized spacial score (nSPS) is 18.1. The van der Waals surface area contributed by atoms with Crippen LogP contribution in [0.5, 0.6) is 0 Å². The fourth-order valence-corrected chi connectivity index (χ4v) is 2.68. The van der Waals surface area contributed by atoms with Gasteiger partial charge in [-0.15, -0.1) is 12.4 Å². The van der Waals surface area contributed by atoms with Crippen molar-refractivity contribution in [3.05, 3.63) is 34.1 Å². The van der Waals surface area contributed by atoms with Gasteiger partial charge in [-0.2, -0.15) is 0 Å². The first-order valence-electron chi connectivity index (χ1n) is 6.34. The summed E-state index contributed by atoms with van der Waals surface area (Å²) in [4.78, 5) is 1.58. The highest BCUT2D eigenvalue weighted by Gasteiger charge is 2.44. The highest BCUT2D eigenvalue weighted by molar-refractivity contribution is 9.10. The van der Waals surface area contributed by atoms with Crippen molar-refractivity contribution in [3.8, 4) is 0 Å². The van der Waals surface area contributed by atoms with Crippen molar-refractivity contribution in [3.63, 3.8) is 0 Å². The van der Waals surface area contributed by atoms with Crippen LogP contribution in [0.15, 0.2) is 22.7 Å². The molecular weight excluding hydrogens is 373 g/mol. The lowest BCUT2D eigenvalue weighted by molar-refractivity contribution is -0.118. The molecule has 0 aliphatic carbocycles. The first-order chi connectivity index (χ1) is 9.45. The minimum Gasteiger partial charge on any atom is -0.390 e. The van der Waals surface area contributed by atoms with E-state index in [4.69, 9.17) is 5.11 Å². The Morgan fingerprint density at radius 2 is 1.95 bits per heavy atom. The number of hydrogen-bond donors (Lipinski definition) is 2. The van der Waals surface area contributed by atoms with E-state index in [1.165, 1.54) is 12.1 Å². The van der Waals surface area contributed by atoms with Gasteiger partial charge in [0.05, 0.1) is 4.47 Å². The van der Waals surface area contributed by atoms with Crippen molar-refractivity contribution in [1.82, 2.24) is 10.2 Å². The van der Waals surface area contributed by atoms with Crippen molar-refractivity contribution in [2.75, 3.05) is 32.8 Å². The molecule has 1 aliphatic heterocycles. The molecule has 8 heteroatoms. The molecule has 1 aromatic carbocycles. The molecule has 120 valence electrons. The third-order valence-electron chi connectivity index (χ3n) is 3.39. The van der Waals surface area contributed by atoms with E-state index in [1.54, 1.807) is 4.90 Å². The minimum absolute atomic E-state index is 0. The van der Waals surface area contributed by atoms with Gasteiger partial charge in [0.25, 0.3) is 5.92 Å². The van der Waals surface area contributed by atoms with Gasteiger partial charge < -0.3 is 10.4 Å². The fraction of sp³-hybridized carbons (Fsp3) is 0.538. The molecule has 1 aliphatic rings. The second kappa shape index (κ2) is 7.78. The summed E-state index contributed by atoms with van der Waals surface area (Å²) in [7, 11) is 0. The molecule has 1 aromatic rings. The van der Waals surface area contributed by atoms with E-state index in [9.17, 15) is 13.2 Å². The first-order valence-corrected chi connectivity index (χ1v) is 7.13. The Morgan fingerprint density at radius 3 is 2.48 bits per heavy atom. The van der Waals surface area contributed by atoms with Gasteiger partial charge in [-0.05, 0) is 33.6 Å². The Morgan fingerprint density at radius 1 is 1.33 bits per heavy atom. The third-order valence-corrected chi connectivity index (χ3v) is 4.03. The van der Waals surface area contributed by atoms with Crippen molar-refractivity contribution in [1.29, 1.82) is 0 Å². The van der Waals surface area contributed by atoms with Gasteiger partial charge in [0, 0.05) is 26.2 Å². The van der Waals surface area contributed by atoms with Crippen LogP contribution < -0.4 is 5.32 Å². The summed E-state index contributed by atoms with van der Waals surface area (Å²) in [6.45, 7) is 0.781. The van der Waals surface area contributed by atoms with Crippen molar-refractivity contribution in [2.24, 2.45) is 0 Å². The van der Waals surface area contributed by atoms with E-state index in [0.29, 0.717) is 26.2 Å². The standard InChI is InChI=1S/C13H16BrF3N2O.ClH/c14-10-2-1-9(7-11(10)15)12(13(16,17)8-20)19-5-3-18-4-6-19;/h1-2,7,12,18,20H,3-6,8H2;1H/t12-;/m1./s1. The summed E-state index contributed by atoms with van der Waals surface area (Å²) in [5.41, 5.74) is 0.173. The Kier molecular flexibility index (Phi) is 6.93. The number of rotatable bonds is 4. The van der Waals surface area contributed by atoms with Gasteiger partial charge in [-0.1, -0.05) is 6.07 Å². The molecule has 0 saturated carbocycles. The zero-order chi connectivity index (χ0) is 14.8. The number of piperazine rings is 1. The summed E-state index contributed by atoms with van der Waals surface area (Å²) < 4.78 is 42.0. The van der Waals surface area contributed by atoms with Gasteiger partial charge in [0.1, 0.15) is 18.5 Å². The molecule has 0 radical (unpaired) electrons. The third kappa shape index (κ3) is 4.32. The molecule has 1 heterocycles. The van der Waals surface area contributed by atoms with E-state index in [1.807, 2.05) is 0 Å². The fourth-order valence-electron chi connectivity index (χ4n) is 2.43. The van der Waals surface area contributed by atoms with E-state index >= 15 is 0 Å². The smallest absolute Gasteiger partial charge is 0.289 e. The molecule has 2 N–H and O–H groups in total. The molecule has 0 aromatic heterocycles. The summed E-state index contributed by atoms with van der Waals surface area (Å²) in [5.74, 6) is -3.91. The summed E-state index contributed by atoms with van der Waals surface area (Å²) in [5, 5.41) is 12.1. The van der Waals surface area contributed by atoms with Crippen LogP contribution in [0.4, 0.5) is 13.2 Å². The molecular formula is C13H17BrClF3N2O. The van der Waals surface area contributed by atoms with Crippen LogP contribution in [0.1, 0.15) is 11.6 Å². The predicted octanol–water partition coefficient (Wildman–Crippen LogP) is 2.58. The lowest BCUT2D eigenvalue weighted by Crippen LogP contribution is -2.51. The molecule has 21 heavy (non-hydrogen) atoms. The van der Waals surface area contributed by atoms with Crippen LogP contribution in [0.25, 0.3) is 0 Å². The zero-order valence-corrected chi connectivity index (χ0v) is 13.6. The molecule has 1 atom stereocenters. The van der Waals surface area contributed by atoms with Crippen molar-refractivity contribution < 1.29 is 18.3 Å². The topological polar surface area (TPSA) is 35.5 Å². The van der Waals surface area contributed by atoms with Crippen molar-refractivity contribution in [2.45, 2.75) is 12.0 Å². The molecule has 0 amide bonds. The number of aliphatic hydroxyl groups is 1. The molecule has 2 rings (SSSR count). The van der Waals surface area contributed by atoms with Crippen LogP contribution in [0.3, 0.4) is 0 Å². The van der Waals surface area contributed by atoms with Gasteiger partial charge in [0.2, 0.25) is 0 Å². The molecule has 0 unspecified atom stereocenters. The molecule has 0 bridgehead atoms. The van der Waals surface area contributed by atoms with E-state index in [2.05, 4.69) is 21.2 Å². The molecule has 3 nitrogen and oxygen atoms in total. The number of halogens is 5. The van der Waals surface area contributed by atoms with E-state index in [0.717, 1.165) is 6.07 Å². The Bertz CT molecular complexity index is 473. The van der Waals surface area contributed by atoms with Crippen LogP contribution in [0, 0.1) is 5.82 Å². The van der Waals surface area contributed by atoms with E-state index in [-0.39, 0.29) is 22.4 Å². The summed E-state index contributed by atoms with van der Waals surface area (Å²) in [6, 6.07) is 2.65. The Hall–Kier alpha value is -0.340. The maximum absolute atomic E-state index is 14.1. The van der Waals surface area contributed by atoms with Crippen molar-refractivity contribution >= 4 is 28.3 Å². The number of aliphatic hydroxyl groups excluding tert-OH is 1. The first kappa shape index (κ1) is 18.7. The van der Waals surface area contributed by atoms with Crippen LogP contribution in [0.2, 0.25) is 0 Å². The van der Waals surface area contributed by atoms with Gasteiger partial charge >= 0.3 is 0 Å². The highest BCUT2D eigenvalue weighted by Crippen LogP contribution is 2.37. The highest BCUT2D eigenvalue weighted by atomic mass is 79.9. The molecule has 1 saturated heterocycles. The Balaban J connectivity index is 0.00000220. The van der Waals surface area contributed by atoms with Crippen LogP contribution in [-0.2, 0) is 0 Å². The lowest BCUT2D eigenvalue weighted by atomic mass is 9.98. The maximum atomic E-state index is 14.1. The number of nitrogens with one attached hydrogen (secondary N) is 1. The molecule has 0 spiro atoms. The van der Waals surface area contributed by atoms with Crippen LogP contribution in [-0.4, -0.2) is 48.7 Å². The average molecular weight is 390 g/mol. The van der Waals surface area contributed by atoms with Gasteiger partial charge in [-0.25, -0.2) is 13.2 Å². The number of hydrogen-bond acceptors (Lipinski definition) is 3. The maximum Gasteiger partial charge on any atom is 0.289 e. The summed E-state index contributed by atoms with van der Waals surface area (Å²) in [6.07, 6.45) is 0. The number of alkyl halides is 2. The lowest BCUT2D eigenvalue weighted by Gasteiger charge is -2.38.